The zero-order chi connectivity index (χ0) is 20.1. The van der Waals surface area contributed by atoms with Crippen molar-refractivity contribution in [3.8, 4) is 11.5 Å². The Bertz CT molecular complexity index is 804. The van der Waals surface area contributed by atoms with E-state index in [0.29, 0.717) is 19.0 Å². The molecule has 2 amide bonds. The predicted molar refractivity (Wildman–Crippen MR) is 114 cm³/mol. The molecule has 0 atom stereocenters. The van der Waals surface area contributed by atoms with Crippen LogP contribution in [0.1, 0.15) is 30.2 Å². The predicted octanol–water partition coefficient (Wildman–Crippen LogP) is 3.92. The number of rotatable bonds is 7. The molecular weight excluding hydrogens is 386 g/mol. The number of carbonyl (C=O) groups excluding carboxylic acids is 1. The second kappa shape index (κ2) is 9.50. The van der Waals surface area contributed by atoms with Gasteiger partial charge in [-0.05, 0) is 67.9 Å². The maximum absolute atomic E-state index is 12.7. The van der Waals surface area contributed by atoms with E-state index in [4.69, 9.17) is 9.47 Å². The van der Waals surface area contributed by atoms with E-state index >= 15 is 0 Å². The van der Waals surface area contributed by atoms with Crippen LogP contribution in [0.5, 0.6) is 11.5 Å². The van der Waals surface area contributed by atoms with Crippen LogP contribution in [0, 0.1) is 5.92 Å². The number of hydrogen-bond donors (Lipinski definition) is 1. The Morgan fingerprint density at radius 3 is 2.83 bits per heavy atom. The van der Waals surface area contributed by atoms with Gasteiger partial charge in [0.2, 0.25) is 6.79 Å². The van der Waals surface area contributed by atoms with Crippen LogP contribution in [0.3, 0.4) is 0 Å². The lowest BCUT2D eigenvalue weighted by Gasteiger charge is -2.32. The molecule has 0 spiro atoms. The van der Waals surface area contributed by atoms with Crippen LogP contribution in [-0.2, 0) is 13.1 Å². The molecule has 2 aliphatic heterocycles. The molecule has 7 heteroatoms. The van der Waals surface area contributed by atoms with Crippen LogP contribution in [0.2, 0.25) is 0 Å². The van der Waals surface area contributed by atoms with Crippen molar-refractivity contribution >= 4 is 17.4 Å². The van der Waals surface area contributed by atoms with Crippen molar-refractivity contribution in [3.05, 3.63) is 46.2 Å². The highest BCUT2D eigenvalue weighted by molar-refractivity contribution is 7.09. The topological polar surface area (TPSA) is 54.0 Å². The van der Waals surface area contributed by atoms with E-state index in [2.05, 4.69) is 27.7 Å². The number of ether oxygens (including phenoxy) is 2. The molecule has 29 heavy (non-hydrogen) atoms. The van der Waals surface area contributed by atoms with Gasteiger partial charge in [-0.15, -0.1) is 11.3 Å². The lowest BCUT2D eigenvalue weighted by atomic mass is 9.97. The van der Waals surface area contributed by atoms with Gasteiger partial charge >= 0.3 is 6.03 Å². The fraction of sp³-hybridized carbons (Fsp3) is 0.500. The monoisotopic (exact) mass is 415 g/mol. The van der Waals surface area contributed by atoms with E-state index in [1.807, 2.05) is 41.4 Å². The molecule has 1 N–H and O–H groups in total. The Morgan fingerprint density at radius 2 is 2.07 bits per heavy atom. The summed E-state index contributed by atoms with van der Waals surface area (Å²) in [4.78, 5) is 18.5. The first kappa shape index (κ1) is 20.0. The molecule has 4 rings (SSSR count). The van der Waals surface area contributed by atoms with E-state index in [1.54, 1.807) is 0 Å². The van der Waals surface area contributed by atoms with E-state index < -0.39 is 0 Å². The number of fused-ring (bicyclic) bond motifs is 1. The van der Waals surface area contributed by atoms with Crippen LogP contribution in [-0.4, -0.2) is 48.8 Å². The molecule has 0 aliphatic carbocycles. The number of nitrogens with zero attached hydrogens (tertiary/aromatic N) is 2. The third-order valence-electron chi connectivity index (χ3n) is 5.69. The van der Waals surface area contributed by atoms with Crippen molar-refractivity contribution < 1.29 is 14.3 Å². The normalized spacial score (nSPS) is 16.7. The number of amides is 2. The number of urea groups is 1. The van der Waals surface area contributed by atoms with Crippen molar-refractivity contribution in [2.24, 2.45) is 5.92 Å². The molecule has 156 valence electrons. The SMILES string of the molecule is CCN(Cc1ccc2c(c1)OCO2)C(=O)NCC1CCN(Cc2cccs2)CC1. The van der Waals surface area contributed by atoms with Crippen LogP contribution < -0.4 is 14.8 Å². The standard InChI is InChI=1S/C22H29N3O3S/c1-2-25(14-18-5-6-20-21(12-18)28-16-27-20)22(26)23-13-17-7-9-24(10-8-17)15-19-4-3-11-29-19/h3-6,11-12,17H,2,7-10,13-16H2,1H3,(H,23,26). The Morgan fingerprint density at radius 1 is 1.24 bits per heavy atom. The van der Waals surface area contributed by atoms with Gasteiger partial charge < -0.3 is 19.7 Å². The molecule has 6 nitrogen and oxygen atoms in total. The third kappa shape index (κ3) is 5.22. The molecule has 2 aliphatic rings. The van der Waals surface area contributed by atoms with E-state index in [0.717, 1.165) is 56.1 Å². The number of likely N-dealkylation sites (tertiary alicyclic amines) is 1. The molecule has 0 bridgehead atoms. The summed E-state index contributed by atoms with van der Waals surface area (Å²) in [6, 6.07) is 10.2. The maximum Gasteiger partial charge on any atom is 0.317 e. The molecular formula is C22H29N3O3S. The van der Waals surface area contributed by atoms with Crippen LogP contribution in [0.4, 0.5) is 4.79 Å². The molecule has 1 fully saturated rings. The first-order valence-corrected chi connectivity index (χ1v) is 11.2. The summed E-state index contributed by atoms with van der Waals surface area (Å²) in [7, 11) is 0. The van der Waals surface area contributed by atoms with Crippen molar-refractivity contribution in [1.82, 2.24) is 15.1 Å². The van der Waals surface area contributed by atoms with Gasteiger partial charge in [0.1, 0.15) is 0 Å². The zero-order valence-electron chi connectivity index (χ0n) is 16.9. The first-order chi connectivity index (χ1) is 14.2. The van der Waals surface area contributed by atoms with Crippen molar-refractivity contribution in [3.63, 3.8) is 0 Å². The summed E-state index contributed by atoms with van der Waals surface area (Å²) in [5.74, 6) is 2.09. The number of hydrogen-bond acceptors (Lipinski definition) is 5. The Labute approximate surface area is 176 Å². The number of piperidine rings is 1. The van der Waals surface area contributed by atoms with Crippen LogP contribution in [0.15, 0.2) is 35.7 Å². The fourth-order valence-electron chi connectivity index (χ4n) is 3.90. The molecule has 3 heterocycles. The van der Waals surface area contributed by atoms with Crippen molar-refractivity contribution in [2.75, 3.05) is 33.0 Å². The Kier molecular flexibility index (Phi) is 6.56. The summed E-state index contributed by atoms with van der Waals surface area (Å²) >= 11 is 1.83. The molecule has 0 saturated carbocycles. The van der Waals surface area contributed by atoms with Gasteiger partial charge in [-0.1, -0.05) is 12.1 Å². The Balaban J connectivity index is 1.21. The summed E-state index contributed by atoms with van der Waals surface area (Å²) in [5, 5.41) is 5.29. The molecule has 2 aromatic rings. The van der Waals surface area contributed by atoms with Gasteiger partial charge in [0.15, 0.2) is 11.5 Å². The van der Waals surface area contributed by atoms with Crippen molar-refractivity contribution in [2.45, 2.75) is 32.9 Å². The summed E-state index contributed by atoms with van der Waals surface area (Å²) < 4.78 is 10.8. The molecule has 0 unspecified atom stereocenters. The second-order valence-electron chi connectivity index (χ2n) is 7.69. The quantitative estimate of drug-likeness (QED) is 0.745. The van der Waals surface area contributed by atoms with E-state index in [-0.39, 0.29) is 12.8 Å². The number of thiophene rings is 1. The molecule has 1 saturated heterocycles. The second-order valence-corrected chi connectivity index (χ2v) is 8.72. The average Bonchev–Trinajstić information content (AvgIpc) is 3.42. The number of nitrogens with one attached hydrogen (secondary N) is 1. The average molecular weight is 416 g/mol. The number of carbonyl (C=O) groups is 1. The van der Waals surface area contributed by atoms with Gasteiger partial charge in [-0.25, -0.2) is 4.79 Å². The molecule has 1 aromatic carbocycles. The van der Waals surface area contributed by atoms with Gasteiger partial charge in [-0.2, -0.15) is 0 Å². The van der Waals surface area contributed by atoms with Gasteiger partial charge in [0.25, 0.3) is 0 Å². The highest BCUT2D eigenvalue weighted by Crippen LogP contribution is 2.32. The van der Waals surface area contributed by atoms with Gasteiger partial charge in [0.05, 0.1) is 0 Å². The minimum absolute atomic E-state index is 0.00572. The van der Waals surface area contributed by atoms with Crippen LogP contribution >= 0.6 is 11.3 Å². The summed E-state index contributed by atoms with van der Waals surface area (Å²) in [5.41, 5.74) is 1.05. The van der Waals surface area contributed by atoms with Gasteiger partial charge in [0, 0.05) is 31.1 Å². The van der Waals surface area contributed by atoms with Gasteiger partial charge in [-0.3, -0.25) is 4.90 Å². The fourth-order valence-corrected chi connectivity index (χ4v) is 4.65. The highest BCUT2D eigenvalue weighted by atomic mass is 32.1. The molecule has 1 aromatic heterocycles. The third-order valence-corrected chi connectivity index (χ3v) is 6.55. The van der Waals surface area contributed by atoms with E-state index in [9.17, 15) is 4.79 Å². The lowest BCUT2D eigenvalue weighted by Crippen LogP contribution is -2.43. The Hall–Kier alpha value is -2.25. The minimum atomic E-state index is 0.00572. The molecule has 0 radical (unpaired) electrons. The zero-order valence-corrected chi connectivity index (χ0v) is 17.7. The summed E-state index contributed by atoms with van der Waals surface area (Å²) in [6.07, 6.45) is 2.28. The number of benzene rings is 1. The maximum atomic E-state index is 12.7. The minimum Gasteiger partial charge on any atom is -0.454 e. The van der Waals surface area contributed by atoms with Crippen LogP contribution in [0.25, 0.3) is 0 Å². The van der Waals surface area contributed by atoms with E-state index in [1.165, 1.54) is 4.88 Å². The largest absolute Gasteiger partial charge is 0.454 e. The highest BCUT2D eigenvalue weighted by Gasteiger charge is 2.21. The first-order valence-electron chi connectivity index (χ1n) is 10.4. The lowest BCUT2D eigenvalue weighted by molar-refractivity contribution is 0.169. The smallest absolute Gasteiger partial charge is 0.317 e. The van der Waals surface area contributed by atoms with Crippen molar-refractivity contribution in [1.29, 1.82) is 0 Å². The summed E-state index contributed by atoms with van der Waals surface area (Å²) in [6.45, 7) is 7.52.